The van der Waals surface area contributed by atoms with E-state index in [-0.39, 0.29) is 0 Å². The van der Waals surface area contributed by atoms with Gasteiger partial charge in [0.05, 0.1) is 0 Å². The van der Waals surface area contributed by atoms with Crippen molar-refractivity contribution in [3.8, 4) is 10.6 Å². The minimum atomic E-state index is 0.472. The summed E-state index contributed by atoms with van der Waals surface area (Å²) in [5.74, 6) is 0. The van der Waals surface area contributed by atoms with Crippen LogP contribution in [0.3, 0.4) is 0 Å². The quantitative estimate of drug-likeness (QED) is 0.795. The number of halogens is 2. The molecule has 0 amide bonds. The molecule has 0 saturated heterocycles. The van der Waals surface area contributed by atoms with Crippen molar-refractivity contribution in [1.82, 2.24) is 10.2 Å². The van der Waals surface area contributed by atoms with E-state index in [9.17, 15) is 0 Å². The third kappa shape index (κ3) is 1.97. The Balaban J connectivity index is 2.55. The van der Waals surface area contributed by atoms with Gasteiger partial charge in [0.1, 0.15) is 5.01 Å². The number of aryl methyl sites for hydroxylation is 1. The van der Waals surface area contributed by atoms with Gasteiger partial charge in [-0.1, -0.05) is 33.3 Å². The molecule has 0 aliphatic carbocycles. The van der Waals surface area contributed by atoms with Crippen molar-refractivity contribution in [3.63, 3.8) is 0 Å². The summed E-state index contributed by atoms with van der Waals surface area (Å²) in [5, 5.41) is 8.64. The normalized spacial score (nSPS) is 10.5. The number of hydrogen-bond donors (Lipinski definition) is 0. The fourth-order valence-electron chi connectivity index (χ4n) is 1.14. The van der Waals surface area contributed by atoms with Gasteiger partial charge in [-0.05, 0) is 36.2 Å². The van der Waals surface area contributed by atoms with Gasteiger partial charge >= 0.3 is 0 Å². The molecule has 1 aromatic carbocycles. The Morgan fingerprint density at radius 1 is 1.36 bits per heavy atom. The van der Waals surface area contributed by atoms with E-state index in [4.69, 9.17) is 11.6 Å². The zero-order chi connectivity index (χ0) is 10.1. The van der Waals surface area contributed by atoms with Crippen LogP contribution in [0, 0.1) is 6.92 Å². The van der Waals surface area contributed by atoms with E-state index < -0.39 is 0 Å². The van der Waals surface area contributed by atoms with E-state index in [2.05, 4.69) is 26.1 Å². The van der Waals surface area contributed by atoms with Gasteiger partial charge in [-0.2, -0.15) is 0 Å². The first-order valence-corrected chi connectivity index (χ1v) is 5.91. The van der Waals surface area contributed by atoms with Crippen LogP contribution in [0.2, 0.25) is 4.47 Å². The second kappa shape index (κ2) is 3.96. The Bertz CT molecular complexity index is 470. The Morgan fingerprint density at radius 3 is 2.79 bits per heavy atom. The highest BCUT2D eigenvalue weighted by Crippen LogP contribution is 2.30. The van der Waals surface area contributed by atoms with E-state index >= 15 is 0 Å². The van der Waals surface area contributed by atoms with E-state index in [1.165, 1.54) is 16.9 Å². The highest BCUT2D eigenvalue weighted by Gasteiger charge is 2.07. The molecular weight excluding hydrogens is 284 g/mol. The topological polar surface area (TPSA) is 25.8 Å². The largest absolute Gasteiger partial charge is 0.207 e. The van der Waals surface area contributed by atoms with Crippen LogP contribution in [0.4, 0.5) is 0 Å². The lowest BCUT2D eigenvalue weighted by Crippen LogP contribution is -1.82. The summed E-state index contributed by atoms with van der Waals surface area (Å²) in [5.41, 5.74) is 2.24. The number of benzene rings is 1. The summed E-state index contributed by atoms with van der Waals surface area (Å²) < 4.78 is 1.50. The summed E-state index contributed by atoms with van der Waals surface area (Å²) in [6, 6.07) is 6.06. The smallest absolute Gasteiger partial charge is 0.137 e. The molecule has 0 unspecified atom stereocenters. The van der Waals surface area contributed by atoms with Crippen LogP contribution in [0.15, 0.2) is 22.7 Å². The molecule has 1 aromatic heterocycles. The molecule has 2 aromatic rings. The average molecular weight is 290 g/mol. The molecule has 0 spiro atoms. The minimum absolute atomic E-state index is 0.472. The molecule has 14 heavy (non-hydrogen) atoms. The molecule has 2 nitrogen and oxygen atoms in total. The van der Waals surface area contributed by atoms with Crippen molar-refractivity contribution in [3.05, 3.63) is 32.7 Å². The Hall–Kier alpha value is -0.450. The molecule has 0 fully saturated rings. The van der Waals surface area contributed by atoms with Crippen LogP contribution in [-0.2, 0) is 0 Å². The van der Waals surface area contributed by atoms with Crippen molar-refractivity contribution in [2.45, 2.75) is 6.92 Å². The second-order valence-corrected chi connectivity index (χ2v) is 5.29. The van der Waals surface area contributed by atoms with Crippen molar-refractivity contribution >= 4 is 38.9 Å². The molecule has 0 saturated carbocycles. The molecule has 5 heteroatoms. The zero-order valence-corrected chi connectivity index (χ0v) is 10.4. The summed E-state index contributed by atoms with van der Waals surface area (Å²) >= 11 is 10.5. The Morgan fingerprint density at radius 2 is 2.14 bits per heavy atom. The molecule has 72 valence electrons. The highest BCUT2D eigenvalue weighted by atomic mass is 79.9. The summed E-state index contributed by atoms with van der Waals surface area (Å²) in [6.45, 7) is 2.04. The maximum Gasteiger partial charge on any atom is 0.207 e. The summed E-state index contributed by atoms with van der Waals surface area (Å²) in [7, 11) is 0. The fraction of sp³-hybridized carbons (Fsp3) is 0.111. The minimum Gasteiger partial charge on any atom is -0.137 e. The zero-order valence-electron chi connectivity index (χ0n) is 7.29. The molecular formula is C9H6BrClN2S. The van der Waals surface area contributed by atoms with Crippen molar-refractivity contribution in [1.29, 1.82) is 0 Å². The van der Waals surface area contributed by atoms with Crippen molar-refractivity contribution in [2.24, 2.45) is 0 Å². The van der Waals surface area contributed by atoms with E-state index in [0.29, 0.717) is 4.47 Å². The van der Waals surface area contributed by atoms with Gasteiger partial charge in [-0.15, -0.1) is 10.2 Å². The van der Waals surface area contributed by atoms with Crippen LogP contribution in [-0.4, -0.2) is 10.2 Å². The van der Waals surface area contributed by atoms with Crippen LogP contribution in [0.5, 0.6) is 0 Å². The number of hydrogen-bond acceptors (Lipinski definition) is 3. The molecule has 1 heterocycles. The number of rotatable bonds is 1. The maximum absolute atomic E-state index is 5.74. The van der Waals surface area contributed by atoms with E-state index in [1.54, 1.807) is 0 Å². The molecule has 0 radical (unpaired) electrons. The standard InChI is InChI=1S/C9H6BrClN2S/c1-5-2-3-6(10)4-7(5)8-12-13-9(11)14-8/h2-4H,1H3. The lowest BCUT2D eigenvalue weighted by Gasteiger charge is -2.01. The van der Waals surface area contributed by atoms with Crippen molar-refractivity contribution in [2.75, 3.05) is 0 Å². The number of aromatic nitrogens is 2. The van der Waals surface area contributed by atoms with Crippen molar-refractivity contribution < 1.29 is 0 Å². The van der Waals surface area contributed by atoms with E-state index in [0.717, 1.165) is 15.0 Å². The van der Waals surface area contributed by atoms with Gasteiger partial charge in [-0.3, -0.25) is 0 Å². The molecule has 0 N–H and O–H groups in total. The van der Waals surface area contributed by atoms with Gasteiger partial charge < -0.3 is 0 Å². The molecule has 2 rings (SSSR count). The van der Waals surface area contributed by atoms with E-state index in [1.807, 2.05) is 25.1 Å². The molecule has 0 aliphatic rings. The third-order valence-corrected chi connectivity index (χ3v) is 3.38. The highest BCUT2D eigenvalue weighted by molar-refractivity contribution is 9.10. The van der Waals surface area contributed by atoms with Gasteiger partial charge in [0, 0.05) is 10.0 Å². The first-order valence-electron chi connectivity index (χ1n) is 3.92. The lowest BCUT2D eigenvalue weighted by atomic mass is 10.1. The Kier molecular flexibility index (Phi) is 2.85. The summed E-state index contributed by atoms with van der Waals surface area (Å²) in [6.07, 6.45) is 0. The second-order valence-electron chi connectivity index (χ2n) is 2.82. The van der Waals surface area contributed by atoms with Gasteiger partial charge in [0.25, 0.3) is 0 Å². The van der Waals surface area contributed by atoms with Crippen LogP contribution in [0.25, 0.3) is 10.6 Å². The Labute approximate surface area is 99.1 Å². The molecule has 0 atom stereocenters. The fourth-order valence-corrected chi connectivity index (χ4v) is 2.41. The maximum atomic E-state index is 5.74. The lowest BCUT2D eigenvalue weighted by molar-refractivity contribution is 1.09. The molecule has 0 aliphatic heterocycles. The van der Waals surface area contributed by atoms with Crippen LogP contribution >= 0.6 is 38.9 Å². The SMILES string of the molecule is Cc1ccc(Br)cc1-c1nnc(Cl)s1. The van der Waals surface area contributed by atoms with Crippen LogP contribution in [0.1, 0.15) is 5.56 Å². The van der Waals surface area contributed by atoms with Gasteiger partial charge in [0.2, 0.25) is 4.47 Å². The average Bonchev–Trinajstić information content (AvgIpc) is 2.56. The number of nitrogens with zero attached hydrogens (tertiary/aromatic N) is 2. The first kappa shape index (κ1) is 10.1. The predicted octanol–water partition coefficient (Wildman–Crippen LogP) is 3.93. The first-order chi connectivity index (χ1) is 6.66. The van der Waals surface area contributed by atoms with Gasteiger partial charge in [-0.25, -0.2) is 0 Å². The predicted molar refractivity (Wildman–Crippen MR) is 62.8 cm³/mol. The summed E-state index contributed by atoms with van der Waals surface area (Å²) in [4.78, 5) is 0. The monoisotopic (exact) mass is 288 g/mol. The van der Waals surface area contributed by atoms with Gasteiger partial charge in [0.15, 0.2) is 0 Å². The third-order valence-electron chi connectivity index (χ3n) is 1.83. The molecule has 0 bridgehead atoms. The van der Waals surface area contributed by atoms with Crippen LogP contribution < -0.4 is 0 Å².